The molecule has 0 fully saturated rings. The second-order valence-electron chi connectivity index (χ2n) is 4.89. The SMILES string of the molecule is COc1ccc(CNc2cc(C(=O)O)c3nc(N)nn3c2)cc1. The van der Waals surface area contributed by atoms with E-state index in [-0.39, 0.29) is 17.2 Å². The molecular weight excluding hydrogens is 298 g/mol. The Kier molecular flexibility index (Phi) is 3.71. The van der Waals surface area contributed by atoms with Gasteiger partial charge in [0.05, 0.1) is 19.0 Å². The molecule has 0 spiro atoms. The Bertz CT molecular complexity index is 857. The van der Waals surface area contributed by atoms with Gasteiger partial charge in [-0.1, -0.05) is 12.1 Å². The van der Waals surface area contributed by atoms with E-state index in [4.69, 9.17) is 10.5 Å². The molecule has 0 amide bonds. The fraction of sp³-hybridized carbons (Fsp3) is 0.133. The normalized spacial score (nSPS) is 10.7. The van der Waals surface area contributed by atoms with Crippen LogP contribution < -0.4 is 15.8 Å². The molecule has 4 N–H and O–H groups in total. The molecule has 0 bridgehead atoms. The topological polar surface area (TPSA) is 115 Å². The molecule has 3 rings (SSSR count). The molecule has 8 heteroatoms. The number of nitrogens with two attached hydrogens (primary N) is 1. The third-order valence-corrected chi connectivity index (χ3v) is 3.34. The highest BCUT2D eigenvalue weighted by Crippen LogP contribution is 2.18. The van der Waals surface area contributed by atoms with Gasteiger partial charge in [0.2, 0.25) is 5.95 Å². The van der Waals surface area contributed by atoms with Gasteiger partial charge >= 0.3 is 5.97 Å². The lowest BCUT2D eigenvalue weighted by Crippen LogP contribution is -2.06. The van der Waals surface area contributed by atoms with Gasteiger partial charge in [0.1, 0.15) is 11.3 Å². The van der Waals surface area contributed by atoms with Crippen molar-refractivity contribution in [2.24, 2.45) is 0 Å². The van der Waals surface area contributed by atoms with Crippen molar-refractivity contribution in [3.05, 3.63) is 47.7 Å². The smallest absolute Gasteiger partial charge is 0.339 e. The second kappa shape index (κ2) is 5.84. The van der Waals surface area contributed by atoms with Gasteiger partial charge in [0.25, 0.3) is 0 Å². The summed E-state index contributed by atoms with van der Waals surface area (Å²) in [4.78, 5) is 15.3. The van der Waals surface area contributed by atoms with Gasteiger partial charge < -0.3 is 20.9 Å². The first kappa shape index (κ1) is 14.6. The van der Waals surface area contributed by atoms with Crippen LogP contribution in [0.1, 0.15) is 15.9 Å². The molecule has 2 aromatic heterocycles. The molecule has 0 atom stereocenters. The molecule has 23 heavy (non-hydrogen) atoms. The van der Waals surface area contributed by atoms with E-state index in [0.29, 0.717) is 12.2 Å². The van der Waals surface area contributed by atoms with Gasteiger partial charge in [-0.05, 0) is 23.8 Å². The number of pyridine rings is 1. The monoisotopic (exact) mass is 313 g/mol. The average Bonchev–Trinajstić information content (AvgIpc) is 2.92. The maximum atomic E-state index is 11.4. The first-order chi connectivity index (χ1) is 11.1. The number of hydrogen-bond acceptors (Lipinski definition) is 6. The number of hydrogen-bond donors (Lipinski definition) is 3. The molecule has 0 aliphatic heterocycles. The highest BCUT2D eigenvalue weighted by atomic mass is 16.5. The van der Waals surface area contributed by atoms with Crippen LogP contribution in [0.15, 0.2) is 36.5 Å². The van der Waals surface area contributed by atoms with Gasteiger partial charge in [0.15, 0.2) is 5.65 Å². The standard InChI is InChI=1S/C15H15N5O3/c1-23-11-4-2-9(3-5-11)7-17-10-6-12(14(21)22)13-18-15(16)19-20(13)8-10/h2-6,8,17H,7H2,1H3,(H2,16,19)(H,21,22). The van der Waals surface area contributed by atoms with Crippen molar-refractivity contribution in [1.82, 2.24) is 14.6 Å². The predicted octanol–water partition coefficient (Wildman–Crippen LogP) is 1.63. The fourth-order valence-corrected chi connectivity index (χ4v) is 2.20. The second-order valence-corrected chi connectivity index (χ2v) is 4.89. The van der Waals surface area contributed by atoms with Crippen molar-refractivity contribution < 1.29 is 14.6 Å². The Morgan fingerprint density at radius 1 is 1.39 bits per heavy atom. The van der Waals surface area contributed by atoms with Crippen LogP contribution >= 0.6 is 0 Å². The van der Waals surface area contributed by atoms with Crippen LogP contribution in [0.5, 0.6) is 5.75 Å². The first-order valence-electron chi connectivity index (χ1n) is 6.83. The van der Waals surface area contributed by atoms with Crippen LogP contribution in [0.4, 0.5) is 11.6 Å². The van der Waals surface area contributed by atoms with Crippen molar-refractivity contribution >= 4 is 23.3 Å². The molecule has 0 saturated carbocycles. The quantitative estimate of drug-likeness (QED) is 0.655. The molecule has 0 aliphatic carbocycles. The summed E-state index contributed by atoms with van der Waals surface area (Å²) < 4.78 is 6.46. The zero-order valence-electron chi connectivity index (χ0n) is 12.4. The number of anilines is 2. The molecule has 0 radical (unpaired) electrons. The number of nitrogens with one attached hydrogen (secondary N) is 1. The largest absolute Gasteiger partial charge is 0.497 e. The minimum Gasteiger partial charge on any atom is -0.497 e. The number of aromatic nitrogens is 3. The maximum Gasteiger partial charge on any atom is 0.339 e. The van der Waals surface area contributed by atoms with E-state index in [2.05, 4.69) is 15.4 Å². The summed E-state index contributed by atoms with van der Waals surface area (Å²) in [5.74, 6) is -0.281. The third-order valence-electron chi connectivity index (χ3n) is 3.34. The van der Waals surface area contributed by atoms with E-state index < -0.39 is 5.97 Å². The molecule has 0 unspecified atom stereocenters. The molecule has 0 aliphatic rings. The molecule has 118 valence electrons. The summed E-state index contributed by atoms with van der Waals surface area (Å²) in [5, 5.41) is 16.4. The van der Waals surface area contributed by atoms with Gasteiger partial charge in [-0.3, -0.25) is 0 Å². The van der Waals surface area contributed by atoms with E-state index in [1.165, 1.54) is 10.6 Å². The van der Waals surface area contributed by atoms with Crippen LogP contribution in [-0.2, 0) is 6.54 Å². The number of carboxylic acid groups (broad SMARTS) is 1. The fourth-order valence-electron chi connectivity index (χ4n) is 2.20. The van der Waals surface area contributed by atoms with Crippen molar-refractivity contribution in [1.29, 1.82) is 0 Å². The van der Waals surface area contributed by atoms with Gasteiger partial charge in [-0.15, -0.1) is 5.10 Å². The van der Waals surface area contributed by atoms with Crippen LogP contribution in [0.25, 0.3) is 5.65 Å². The van der Waals surface area contributed by atoms with Crippen LogP contribution in [0, 0.1) is 0 Å². The highest BCUT2D eigenvalue weighted by molar-refractivity contribution is 5.95. The number of ether oxygens (including phenoxy) is 1. The summed E-state index contributed by atoms with van der Waals surface area (Å²) in [6.07, 6.45) is 1.65. The summed E-state index contributed by atoms with van der Waals surface area (Å²) in [5.41, 5.74) is 7.42. The van der Waals surface area contributed by atoms with Crippen molar-refractivity contribution in [3.63, 3.8) is 0 Å². The van der Waals surface area contributed by atoms with Crippen molar-refractivity contribution in [2.75, 3.05) is 18.2 Å². The summed E-state index contributed by atoms with van der Waals surface area (Å²) in [6, 6.07) is 9.09. The van der Waals surface area contributed by atoms with Crippen LogP contribution in [-0.4, -0.2) is 32.8 Å². The number of fused-ring (bicyclic) bond motifs is 1. The molecule has 2 heterocycles. The molecule has 0 saturated heterocycles. The minimum absolute atomic E-state index is 0.0276. The molecule has 1 aromatic carbocycles. The van der Waals surface area contributed by atoms with E-state index in [1.807, 2.05) is 24.3 Å². The van der Waals surface area contributed by atoms with Crippen molar-refractivity contribution in [2.45, 2.75) is 6.54 Å². The third kappa shape index (κ3) is 3.00. The van der Waals surface area contributed by atoms with E-state index in [1.54, 1.807) is 13.3 Å². The highest BCUT2D eigenvalue weighted by Gasteiger charge is 2.14. The lowest BCUT2D eigenvalue weighted by molar-refractivity contribution is 0.0698. The Labute approximate surface area is 131 Å². The summed E-state index contributed by atoms with van der Waals surface area (Å²) in [7, 11) is 1.61. The van der Waals surface area contributed by atoms with E-state index >= 15 is 0 Å². The van der Waals surface area contributed by atoms with Gasteiger partial charge in [0, 0.05) is 6.54 Å². The average molecular weight is 313 g/mol. The number of methoxy groups -OCH3 is 1. The lowest BCUT2D eigenvalue weighted by atomic mass is 10.2. The Morgan fingerprint density at radius 2 is 2.13 bits per heavy atom. The van der Waals surface area contributed by atoms with Gasteiger partial charge in [-0.2, -0.15) is 4.98 Å². The first-order valence-corrected chi connectivity index (χ1v) is 6.83. The van der Waals surface area contributed by atoms with E-state index in [0.717, 1.165) is 11.3 Å². The molecule has 8 nitrogen and oxygen atoms in total. The van der Waals surface area contributed by atoms with Gasteiger partial charge in [-0.25, -0.2) is 9.31 Å². The van der Waals surface area contributed by atoms with Crippen molar-refractivity contribution in [3.8, 4) is 5.75 Å². The number of carboxylic acids is 1. The predicted molar refractivity (Wildman–Crippen MR) is 84.7 cm³/mol. The van der Waals surface area contributed by atoms with Crippen LogP contribution in [0.2, 0.25) is 0 Å². The number of nitrogen functional groups attached to an aromatic ring is 1. The summed E-state index contributed by atoms with van der Waals surface area (Å²) >= 11 is 0. The number of rotatable bonds is 5. The number of aromatic carboxylic acids is 1. The molecule has 3 aromatic rings. The number of benzene rings is 1. The van der Waals surface area contributed by atoms with E-state index in [9.17, 15) is 9.90 Å². The maximum absolute atomic E-state index is 11.4. The minimum atomic E-state index is -1.09. The number of nitrogens with zero attached hydrogens (tertiary/aromatic N) is 3. The zero-order chi connectivity index (χ0) is 16.4. The Morgan fingerprint density at radius 3 is 2.78 bits per heavy atom. The Balaban J connectivity index is 1.85. The zero-order valence-corrected chi connectivity index (χ0v) is 12.4. The van der Waals surface area contributed by atoms with Crippen LogP contribution in [0.3, 0.4) is 0 Å². The molecular formula is C15H15N5O3. The Hall–Kier alpha value is -3.29. The lowest BCUT2D eigenvalue weighted by Gasteiger charge is -2.09. The summed E-state index contributed by atoms with van der Waals surface area (Å²) in [6.45, 7) is 0.527. The number of carbonyl (C=O) groups is 1.